The summed E-state index contributed by atoms with van der Waals surface area (Å²) in [6.45, 7) is 7.84. The molecule has 1 aromatic heterocycles. The van der Waals surface area contributed by atoms with Crippen LogP contribution in [0.15, 0.2) is 75.8 Å². The molecule has 3 aromatic rings. The van der Waals surface area contributed by atoms with E-state index in [4.69, 9.17) is 9.16 Å². The zero-order valence-corrected chi connectivity index (χ0v) is 23.7. The summed E-state index contributed by atoms with van der Waals surface area (Å²) in [7, 11) is -0.986. The lowest BCUT2D eigenvalue weighted by molar-refractivity contribution is 0.153. The van der Waals surface area contributed by atoms with E-state index in [0.29, 0.717) is 18.9 Å². The lowest BCUT2D eigenvalue weighted by atomic mass is 10.2. The Morgan fingerprint density at radius 2 is 1.55 bits per heavy atom. The minimum absolute atomic E-state index is 0.0677. The minimum atomic E-state index is -2.69. The van der Waals surface area contributed by atoms with Crippen molar-refractivity contribution in [1.82, 2.24) is 4.57 Å². The van der Waals surface area contributed by atoms with Crippen LogP contribution in [0.25, 0.3) is 0 Å². The molecule has 7 heteroatoms. The molecule has 3 rings (SSSR count). The zero-order valence-electron chi connectivity index (χ0n) is 19.5. The first-order chi connectivity index (χ1) is 15.8. The highest BCUT2D eigenvalue weighted by Gasteiger charge is 2.50. The van der Waals surface area contributed by atoms with E-state index in [9.17, 15) is 5.26 Å². The number of halogens is 2. The van der Waals surface area contributed by atoms with Gasteiger partial charge in [-0.2, -0.15) is 5.26 Å². The molecular formula is C26H30Br2N2O2Si. The number of methoxy groups -OCH3 is 1. The number of hydrogen-bond acceptors (Lipinski definition) is 3. The largest absolute Gasteiger partial charge is 0.405 e. The molecule has 1 atom stereocenters. The monoisotopic (exact) mass is 588 g/mol. The fraction of sp³-hybridized carbons (Fsp3) is 0.346. The van der Waals surface area contributed by atoms with Gasteiger partial charge in [0, 0.05) is 13.7 Å². The number of rotatable bonds is 9. The van der Waals surface area contributed by atoms with Crippen molar-refractivity contribution in [3.05, 3.63) is 81.5 Å². The summed E-state index contributed by atoms with van der Waals surface area (Å²) in [5, 5.41) is 12.1. The van der Waals surface area contributed by atoms with Crippen LogP contribution in [0.2, 0.25) is 5.04 Å². The molecule has 1 heterocycles. The molecule has 0 aliphatic carbocycles. The molecular weight excluding hydrogens is 560 g/mol. The third kappa shape index (κ3) is 5.36. The fourth-order valence-electron chi connectivity index (χ4n) is 4.44. The van der Waals surface area contributed by atoms with Crippen LogP contribution >= 0.6 is 31.9 Å². The van der Waals surface area contributed by atoms with Crippen LogP contribution in [-0.4, -0.2) is 33.2 Å². The van der Waals surface area contributed by atoms with Crippen LogP contribution in [0.4, 0.5) is 0 Å². The van der Waals surface area contributed by atoms with Crippen LogP contribution in [0.5, 0.6) is 0 Å². The smallest absolute Gasteiger partial charge is 0.261 e. The topological polar surface area (TPSA) is 47.2 Å². The summed E-state index contributed by atoms with van der Waals surface area (Å²) in [4.78, 5) is 0. The van der Waals surface area contributed by atoms with Crippen LogP contribution in [0.1, 0.15) is 38.9 Å². The van der Waals surface area contributed by atoms with E-state index in [-0.39, 0.29) is 11.1 Å². The van der Waals surface area contributed by atoms with Crippen LogP contribution < -0.4 is 10.4 Å². The van der Waals surface area contributed by atoms with Gasteiger partial charge < -0.3 is 13.7 Å². The van der Waals surface area contributed by atoms with E-state index in [1.165, 1.54) is 10.4 Å². The van der Waals surface area contributed by atoms with E-state index in [2.05, 4.69) is 107 Å². The van der Waals surface area contributed by atoms with Gasteiger partial charge in [0.15, 0.2) is 0 Å². The number of benzene rings is 2. The molecule has 0 unspecified atom stereocenters. The Labute approximate surface area is 214 Å². The first-order valence-electron chi connectivity index (χ1n) is 11.0. The van der Waals surface area contributed by atoms with Gasteiger partial charge in [-0.15, -0.1) is 0 Å². The SMILES string of the molecule is COCC[C@@H](CO[Si](c1ccccc1)(c1ccccc1)C(C)(C)C)n1c(C#N)cc(Br)c1Br. The number of ether oxygens (including phenoxy) is 1. The molecule has 0 aliphatic rings. The van der Waals surface area contributed by atoms with E-state index >= 15 is 0 Å². The van der Waals surface area contributed by atoms with Crippen molar-refractivity contribution in [2.75, 3.05) is 20.3 Å². The molecule has 174 valence electrons. The van der Waals surface area contributed by atoms with Gasteiger partial charge in [0.1, 0.15) is 16.4 Å². The first kappa shape index (κ1) is 25.9. The van der Waals surface area contributed by atoms with Crippen molar-refractivity contribution < 1.29 is 9.16 Å². The summed E-state index contributed by atoms with van der Waals surface area (Å²) >= 11 is 7.22. The van der Waals surface area contributed by atoms with Gasteiger partial charge in [-0.3, -0.25) is 0 Å². The highest BCUT2D eigenvalue weighted by atomic mass is 79.9. The maximum atomic E-state index is 9.77. The number of hydrogen-bond donors (Lipinski definition) is 0. The average molecular weight is 590 g/mol. The molecule has 0 amide bonds. The predicted molar refractivity (Wildman–Crippen MR) is 144 cm³/mol. The molecule has 0 saturated heterocycles. The Balaban J connectivity index is 2.12. The minimum Gasteiger partial charge on any atom is -0.405 e. The van der Waals surface area contributed by atoms with Gasteiger partial charge in [-0.25, -0.2) is 0 Å². The number of aromatic nitrogens is 1. The zero-order chi connectivity index (χ0) is 24.1. The Morgan fingerprint density at radius 3 is 2.00 bits per heavy atom. The summed E-state index contributed by atoms with van der Waals surface area (Å²) in [5.41, 5.74) is 0.584. The molecule has 0 bridgehead atoms. The first-order valence-corrected chi connectivity index (χ1v) is 14.5. The second kappa shape index (κ2) is 11.2. The van der Waals surface area contributed by atoms with Crippen LogP contribution in [0.3, 0.4) is 0 Å². The van der Waals surface area contributed by atoms with Gasteiger partial charge in [0.2, 0.25) is 0 Å². The van der Waals surface area contributed by atoms with Crippen LogP contribution in [-0.2, 0) is 9.16 Å². The molecule has 0 N–H and O–H groups in total. The molecule has 0 fully saturated rings. The molecule has 0 saturated carbocycles. The highest BCUT2D eigenvalue weighted by molar-refractivity contribution is 9.13. The van der Waals surface area contributed by atoms with Crippen molar-refractivity contribution in [2.45, 2.75) is 38.3 Å². The van der Waals surface area contributed by atoms with Crippen molar-refractivity contribution >= 4 is 50.6 Å². The third-order valence-corrected chi connectivity index (χ3v) is 12.9. The van der Waals surface area contributed by atoms with Gasteiger partial charge in [0.05, 0.1) is 17.1 Å². The molecule has 0 radical (unpaired) electrons. The Kier molecular flexibility index (Phi) is 8.76. The van der Waals surface area contributed by atoms with Gasteiger partial charge >= 0.3 is 0 Å². The quantitative estimate of drug-likeness (QED) is 0.286. The number of nitrogens with zero attached hydrogens (tertiary/aromatic N) is 2. The summed E-state index contributed by atoms with van der Waals surface area (Å²) < 4.78 is 16.3. The van der Waals surface area contributed by atoms with Crippen molar-refractivity contribution in [3.8, 4) is 6.07 Å². The predicted octanol–water partition coefficient (Wildman–Crippen LogP) is 6.04. The Bertz CT molecular complexity index is 1050. The third-order valence-electron chi connectivity index (χ3n) is 5.98. The highest BCUT2D eigenvalue weighted by Crippen LogP contribution is 2.38. The maximum Gasteiger partial charge on any atom is 0.261 e. The van der Waals surface area contributed by atoms with E-state index in [0.717, 1.165) is 15.5 Å². The molecule has 4 nitrogen and oxygen atoms in total. The standard InChI is InChI=1S/C26H30Br2N2O2Si/c1-26(2,3)33(22-11-7-5-8-12-22,23-13-9-6-10-14-23)32-19-20(15-16-31-4)30-21(18-29)17-24(27)25(30)28/h5-14,17,20H,15-16,19H2,1-4H3/t20-/m0/s1. The van der Waals surface area contributed by atoms with Gasteiger partial charge in [-0.1, -0.05) is 81.4 Å². The Morgan fingerprint density at radius 1 is 1.00 bits per heavy atom. The van der Waals surface area contributed by atoms with Crippen molar-refractivity contribution in [2.24, 2.45) is 0 Å². The summed E-state index contributed by atoms with van der Waals surface area (Å²) in [6, 6.07) is 25.3. The van der Waals surface area contributed by atoms with E-state index in [1.54, 1.807) is 7.11 Å². The average Bonchev–Trinajstić information content (AvgIpc) is 3.10. The maximum absolute atomic E-state index is 9.77. The van der Waals surface area contributed by atoms with Crippen molar-refractivity contribution in [1.29, 1.82) is 5.26 Å². The van der Waals surface area contributed by atoms with Gasteiger partial charge in [0.25, 0.3) is 8.32 Å². The normalized spacial score (nSPS) is 13.0. The number of nitriles is 1. The lowest BCUT2D eigenvalue weighted by Crippen LogP contribution is -2.67. The van der Waals surface area contributed by atoms with E-state index < -0.39 is 8.32 Å². The molecule has 2 aromatic carbocycles. The molecule has 33 heavy (non-hydrogen) atoms. The molecule has 0 spiro atoms. The van der Waals surface area contributed by atoms with Crippen molar-refractivity contribution in [3.63, 3.8) is 0 Å². The van der Waals surface area contributed by atoms with Crippen LogP contribution in [0, 0.1) is 11.3 Å². The second-order valence-electron chi connectivity index (χ2n) is 9.06. The Hall–Kier alpha value is -1.69. The fourth-order valence-corrected chi connectivity index (χ4v) is 10.0. The lowest BCUT2D eigenvalue weighted by Gasteiger charge is -2.44. The second-order valence-corrected chi connectivity index (χ2v) is 15.0. The summed E-state index contributed by atoms with van der Waals surface area (Å²) in [5.74, 6) is 0. The molecule has 0 aliphatic heterocycles. The van der Waals surface area contributed by atoms with E-state index in [1.807, 2.05) is 22.8 Å². The summed E-state index contributed by atoms with van der Waals surface area (Å²) in [6.07, 6.45) is 0.725. The van der Waals surface area contributed by atoms with Gasteiger partial charge in [-0.05, 0) is 59.8 Å².